The van der Waals surface area contributed by atoms with Crippen LogP contribution in [0.4, 0.5) is 0 Å². The van der Waals surface area contributed by atoms with Crippen LogP contribution in [0.1, 0.15) is 30.5 Å². The van der Waals surface area contributed by atoms with Crippen molar-refractivity contribution >= 4 is 27.5 Å². The molecule has 3 heteroatoms. The molecule has 0 aromatic heterocycles. The van der Waals surface area contributed by atoms with Gasteiger partial charge >= 0.3 is 0 Å². The van der Waals surface area contributed by atoms with E-state index in [9.17, 15) is 0 Å². The fourth-order valence-corrected chi connectivity index (χ4v) is 2.56. The summed E-state index contributed by atoms with van der Waals surface area (Å²) in [6.45, 7) is 3.02. The summed E-state index contributed by atoms with van der Waals surface area (Å²) in [6, 6.07) is 16.8. The lowest BCUT2D eigenvalue weighted by Gasteiger charge is -2.17. The highest BCUT2D eigenvalue weighted by molar-refractivity contribution is 9.10. The third kappa shape index (κ3) is 4.34. The van der Waals surface area contributed by atoms with E-state index in [2.05, 4.69) is 58.5 Å². The molecule has 2 aromatic carbocycles. The first kappa shape index (κ1) is 14.6. The third-order valence-electron chi connectivity index (χ3n) is 3.12. The maximum absolute atomic E-state index is 6.00. The van der Waals surface area contributed by atoms with Gasteiger partial charge in [0.25, 0.3) is 0 Å². The zero-order valence-electron chi connectivity index (χ0n) is 10.9. The smallest absolute Gasteiger partial charge is 0.0409 e. The quantitative estimate of drug-likeness (QED) is 0.775. The minimum absolute atomic E-state index is 0.368. The second-order valence-corrected chi connectivity index (χ2v) is 5.88. The van der Waals surface area contributed by atoms with Gasteiger partial charge in [-0.2, -0.15) is 0 Å². The Balaban J connectivity index is 2.01. The molecule has 1 unspecified atom stereocenters. The van der Waals surface area contributed by atoms with Crippen LogP contribution in [-0.2, 0) is 6.54 Å². The molecule has 1 N–H and O–H groups in total. The van der Waals surface area contributed by atoms with Gasteiger partial charge in [0.05, 0.1) is 0 Å². The van der Waals surface area contributed by atoms with Crippen LogP contribution in [0.15, 0.2) is 53.0 Å². The van der Waals surface area contributed by atoms with E-state index in [0.29, 0.717) is 6.04 Å². The minimum atomic E-state index is 0.368. The molecule has 1 nitrogen and oxygen atoms in total. The van der Waals surface area contributed by atoms with Crippen LogP contribution in [0.2, 0.25) is 5.02 Å². The molecule has 0 bridgehead atoms. The predicted octanol–water partition coefficient (Wildman–Crippen LogP) is 5.34. The largest absolute Gasteiger partial charge is 0.306 e. The molecule has 0 radical (unpaired) electrons. The summed E-state index contributed by atoms with van der Waals surface area (Å²) < 4.78 is 1.11. The Bertz CT molecular complexity index is 525. The molecule has 0 amide bonds. The number of hydrogen-bond acceptors (Lipinski definition) is 1. The van der Waals surface area contributed by atoms with Gasteiger partial charge in [-0.15, -0.1) is 0 Å². The molecular weight excluding hydrogens is 322 g/mol. The normalized spacial score (nSPS) is 12.4. The predicted molar refractivity (Wildman–Crippen MR) is 85.5 cm³/mol. The van der Waals surface area contributed by atoms with Crippen molar-refractivity contribution in [2.75, 3.05) is 0 Å². The average molecular weight is 339 g/mol. The van der Waals surface area contributed by atoms with Crippen LogP contribution in [0.3, 0.4) is 0 Å². The first-order chi connectivity index (χ1) is 9.19. The average Bonchev–Trinajstić information content (AvgIpc) is 2.41. The molecule has 0 saturated carbocycles. The van der Waals surface area contributed by atoms with Crippen molar-refractivity contribution < 1.29 is 0 Å². The SMILES string of the molecule is CCC(NCc1cccc(Cl)c1)c1ccc(Br)cc1. The second kappa shape index (κ2) is 7.09. The van der Waals surface area contributed by atoms with Crippen LogP contribution >= 0.6 is 27.5 Å². The molecule has 0 aliphatic rings. The highest BCUT2D eigenvalue weighted by Crippen LogP contribution is 2.20. The molecule has 19 heavy (non-hydrogen) atoms. The van der Waals surface area contributed by atoms with E-state index in [-0.39, 0.29) is 0 Å². The van der Waals surface area contributed by atoms with Gasteiger partial charge in [-0.3, -0.25) is 0 Å². The molecule has 0 fully saturated rings. The van der Waals surface area contributed by atoms with Gasteiger partial charge in [-0.1, -0.05) is 58.7 Å². The monoisotopic (exact) mass is 337 g/mol. The summed E-state index contributed by atoms with van der Waals surface area (Å²) in [5, 5.41) is 4.36. The van der Waals surface area contributed by atoms with E-state index < -0.39 is 0 Å². The molecule has 2 rings (SSSR count). The van der Waals surface area contributed by atoms with Crippen LogP contribution in [0, 0.1) is 0 Å². The van der Waals surface area contributed by atoms with E-state index in [1.165, 1.54) is 11.1 Å². The van der Waals surface area contributed by atoms with Crippen LogP contribution in [-0.4, -0.2) is 0 Å². The summed E-state index contributed by atoms with van der Waals surface area (Å²) in [5.41, 5.74) is 2.52. The molecule has 0 heterocycles. The van der Waals surface area contributed by atoms with Crippen molar-refractivity contribution in [2.24, 2.45) is 0 Å². The number of hydrogen-bond donors (Lipinski definition) is 1. The zero-order valence-corrected chi connectivity index (χ0v) is 13.2. The van der Waals surface area contributed by atoms with Gasteiger partial charge in [0.15, 0.2) is 0 Å². The van der Waals surface area contributed by atoms with E-state index in [1.807, 2.05) is 18.2 Å². The molecule has 1 atom stereocenters. The van der Waals surface area contributed by atoms with Crippen LogP contribution < -0.4 is 5.32 Å². The fourth-order valence-electron chi connectivity index (χ4n) is 2.08. The molecule has 0 saturated heterocycles. The van der Waals surface area contributed by atoms with Gasteiger partial charge in [0.2, 0.25) is 0 Å². The first-order valence-electron chi connectivity index (χ1n) is 6.42. The van der Waals surface area contributed by atoms with E-state index in [1.54, 1.807) is 0 Å². The Morgan fingerprint density at radius 1 is 1.16 bits per heavy atom. The fraction of sp³-hybridized carbons (Fsp3) is 0.250. The standard InChI is InChI=1S/C16H17BrClN/c1-2-16(13-6-8-14(17)9-7-13)19-11-12-4-3-5-15(18)10-12/h3-10,16,19H,2,11H2,1H3. The lowest BCUT2D eigenvalue weighted by molar-refractivity contribution is 0.519. The Morgan fingerprint density at radius 3 is 2.53 bits per heavy atom. The third-order valence-corrected chi connectivity index (χ3v) is 3.89. The van der Waals surface area contributed by atoms with Gasteiger partial charge in [0.1, 0.15) is 0 Å². The highest BCUT2D eigenvalue weighted by Gasteiger charge is 2.08. The van der Waals surface area contributed by atoms with Crippen LogP contribution in [0.5, 0.6) is 0 Å². The second-order valence-electron chi connectivity index (χ2n) is 4.52. The van der Waals surface area contributed by atoms with Gasteiger partial charge in [-0.05, 0) is 41.8 Å². The molecule has 0 aliphatic heterocycles. The lowest BCUT2D eigenvalue weighted by atomic mass is 10.0. The Labute approximate surface area is 128 Å². The summed E-state index contributed by atoms with van der Waals surface area (Å²) >= 11 is 9.46. The number of benzene rings is 2. The molecule has 2 aromatic rings. The minimum Gasteiger partial charge on any atom is -0.306 e. The van der Waals surface area contributed by atoms with E-state index in [0.717, 1.165) is 22.5 Å². The Kier molecular flexibility index (Phi) is 5.44. The van der Waals surface area contributed by atoms with E-state index >= 15 is 0 Å². The van der Waals surface area contributed by atoms with Crippen molar-refractivity contribution in [2.45, 2.75) is 25.9 Å². The summed E-state index contributed by atoms with van der Waals surface area (Å²) in [4.78, 5) is 0. The van der Waals surface area contributed by atoms with Crippen molar-refractivity contribution in [3.8, 4) is 0 Å². The maximum atomic E-state index is 6.00. The van der Waals surface area contributed by atoms with Crippen molar-refractivity contribution in [1.29, 1.82) is 0 Å². The van der Waals surface area contributed by atoms with Crippen molar-refractivity contribution in [1.82, 2.24) is 5.32 Å². The molecular formula is C16H17BrClN. The van der Waals surface area contributed by atoms with Crippen molar-refractivity contribution in [3.05, 3.63) is 69.2 Å². The molecule has 0 spiro atoms. The van der Waals surface area contributed by atoms with Gasteiger partial charge in [0, 0.05) is 22.1 Å². The number of rotatable bonds is 5. The number of halogens is 2. The summed E-state index contributed by atoms with van der Waals surface area (Å²) in [5.74, 6) is 0. The van der Waals surface area contributed by atoms with Crippen LogP contribution in [0.25, 0.3) is 0 Å². The van der Waals surface area contributed by atoms with Gasteiger partial charge < -0.3 is 5.32 Å². The lowest BCUT2D eigenvalue weighted by Crippen LogP contribution is -2.20. The number of nitrogens with one attached hydrogen (secondary N) is 1. The summed E-state index contributed by atoms with van der Waals surface area (Å²) in [7, 11) is 0. The zero-order chi connectivity index (χ0) is 13.7. The van der Waals surface area contributed by atoms with E-state index in [4.69, 9.17) is 11.6 Å². The van der Waals surface area contributed by atoms with Crippen molar-refractivity contribution in [3.63, 3.8) is 0 Å². The first-order valence-corrected chi connectivity index (χ1v) is 7.59. The molecule has 100 valence electrons. The Morgan fingerprint density at radius 2 is 1.89 bits per heavy atom. The highest BCUT2D eigenvalue weighted by atomic mass is 79.9. The maximum Gasteiger partial charge on any atom is 0.0409 e. The molecule has 0 aliphatic carbocycles. The van der Waals surface area contributed by atoms with Gasteiger partial charge in [-0.25, -0.2) is 0 Å². The topological polar surface area (TPSA) is 12.0 Å². The Hall–Kier alpha value is -0.830. The summed E-state index contributed by atoms with van der Waals surface area (Å²) in [6.07, 6.45) is 1.06.